The van der Waals surface area contributed by atoms with Crippen molar-refractivity contribution in [1.82, 2.24) is 9.47 Å². The van der Waals surface area contributed by atoms with Crippen molar-refractivity contribution in [2.75, 3.05) is 11.9 Å². The van der Waals surface area contributed by atoms with Gasteiger partial charge in [0.25, 0.3) is 0 Å². The van der Waals surface area contributed by atoms with Gasteiger partial charge in [0.1, 0.15) is 11.9 Å². The summed E-state index contributed by atoms with van der Waals surface area (Å²) < 4.78 is 15.4. The number of nitrogens with zero attached hydrogens (tertiary/aromatic N) is 2. The van der Waals surface area contributed by atoms with Crippen molar-refractivity contribution in [1.29, 1.82) is 0 Å². The van der Waals surface area contributed by atoms with Crippen LogP contribution < -0.4 is 5.32 Å². The Balaban J connectivity index is 1.63. The summed E-state index contributed by atoms with van der Waals surface area (Å²) in [6.07, 6.45) is 2.11. The number of thiophene rings is 1. The largest absolute Gasteiger partial charge is 0.347 e. The molecule has 6 heteroatoms. The van der Waals surface area contributed by atoms with E-state index in [1.807, 2.05) is 0 Å². The van der Waals surface area contributed by atoms with Crippen molar-refractivity contribution >= 4 is 34.4 Å². The van der Waals surface area contributed by atoms with Crippen LogP contribution in [0.1, 0.15) is 16.6 Å². The molecule has 3 heterocycles. The lowest BCUT2D eigenvalue weighted by molar-refractivity contribution is 0.297. The minimum atomic E-state index is -0.251. The maximum absolute atomic E-state index is 13.1. The van der Waals surface area contributed by atoms with E-state index in [2.05, 4.69) is 50.6 Å². The number of anilines is 1. The smallest absolute Gasteiger partial charge is 0.174 e. The van der Waals surface area contributed by atoms with E-state index in [4.69, 9.17) is 12.2 Å². The van der Waals surface area contributed by atoms with E-state index in [-0.39, 0.29) is 11.9 Å². The van der Waals surface area contributed by atoms with E-state index in [1.165, 1.54) is 22.7 Å². The molecule has 1 aliphatic heterocycles. The molecule has 1 N–H and O–H groups in total. The van der Waals surface area contributed by atoms with Crippen LogP contribution in [0.15, 0.2) is 60.1 Å². The first-order valence-corrected chi connectivity index (χ1v) is 9.03. The molecule has 0 amide bonds. The summed E-state index contributed by atoms with van der Waals surface area (Å²) in [4.78, 5) is 3.47. The third kappa shape index (κ3) is 2.83. The Morgan fingerprint density at radius 3 is 2.71 bits per heavy atom. The second-order valence-electron chi connectivity index (χ2n) is 5.67. The van der Waals surface area contributed by atoms with Crippen molar-refractivity contribution in [3.05, 3.63) is 76.5 Å². The Kier molecular flexibility index (Phi) is 4.08. The molecule has 0 saturated heterocycles. The maximum Gasteiger partial charge on any atom is 0.174 e. The fourth-order valence-corrected chi connectivity index (χ4v) is 4.24. The molecule has 1 aromatic carbocycles. The number of hydrogen-bond donors (Lipinski definition) is 1. The van der Waals surface area contributed by atoms with Gasteiger partial charge in [-0.2, -0.15) is 0 Å². The minimum absolute atomic E-state index is 0.106. The molecular weight excluding hydrogens is 341 g/mol. The number of fused-ring (bicyclic) bond motifs is 1. The van der Waals surface area contributed by atoms with Crippen molar-refractivity contribution < 1.29 is 4.39 Å². The Morgan fingerprint density at radius 1 is 1.12 bits per heavy atom. The average Bonchev–Trinajstić information content (AvgIpc) is 3.27. The molecule has 3 nitrogen and oxygen atoms in total. The summed E-state index contributed by atoms with van der Waals surface area (Å²) in [6, 6.07) is 14.8. The van der Waals surface area contributed by atoms with Gasteiger partial charge in [-0.3, -0.25) is 0 Å². The quantitative estimate of drug-likeness (QED) is 0.683. The van der Waals surface area contributed by atoms with Crippen LogP contribution in [0.4, 0.5) is 10.1 Å². The minimum Gasteiger partial charge on any atom is -0.347 e. The lowest BCUT2D eigenvalue weighted by Gasteiger charge is -2.38. The van der Waals surface area contributed by atoms with Crippen LogP contribution in [0.25, 0.3) is 0 Å². The summed E-state index contributed by atoms with van der Waals surface area (Å²) in [7, 11) is 0. The first-order chi connectivity index (χ1) is 11.7. The van der Waals surface area contributed by atoms with E-state index in [0.717, 1.165) is 18.8 Å². The Hall–Kier alpha value is -2.18. The number of aromatic nitrogens is 1. The fourth-order valence-electron chi connectivity index (χ4n) is 3.08. The van der Waals surface area contributed by atoms with Crippen LogP contribution in [-0.2, 0) is 6.54 Å². The van der Waals surface area contributed by atoms with Gasteiger partial charge in [0.2, 0.25) is 0 Å². The number of hydrogen-bond acceptors (Lipinski definition) is 2. The molecule has 0 spiro atoms. The predicted octanol–water partition coefficient (Wildman–Crippen LogP) is 4.49. The van der Waals surface area contributed by atoms with Crippen LogP contribution in [0.2, 0.25) is 0 Å². The van der Waals surface area contributed by atoms with Crippen LogP contribution in [0.5, 0.6) is 0 Å². The molecule has 0 radical (unpaired) electrons. The number of halogens is 1. The second-order valence-corrected chi connectivity index (χ2v) is 7.04. The van der Waals surface area contributed by atoms with Gasteiger partial charge in [-0.05, 0) is 60.1 Å². The molecule has 0 bridgehead atoms. The average molecular weight is 357 g/mol. The highest BCUT2D eigenvalue weighted by Gasteiger charge is 2.31. The fraction of sp³-hybridized carbons (Fsp3) is 0.167. The highest BCUT2D eigenvalue weighted by molar-refractivity contribution is 7.80. The summed E-state index contributed by atoms with van der Waals surface area (Å²) in [5.74, 6) is -0.251. The number of benzene rings is 1. The monoisotopic (exact) mass is 357 g/mol. The summed E-state index contributed by atoms with van der Waals surface area (Å²) >= 11 is 7.39. The van der Waals surface area contributed by atoms with E-state index >= 15 is 0 Å². The van der Waals surface area contributed by atoms with Gasteiger partial charge in [0, 0.05) is 35.5 Å². The third-order valence-electron chi connectivity index (χ3n) is 4.21. The zero-order chi connectivity index (χ0) is 16.5. The normalized spacial score (nSPS) is 16.7. The summed E-state index contributed by atoms with van der Waals surface area (Å²) in [6.45, 7) is 1.73. The zero-order valence-electron chi connectivity index (χ0n) is 12.9. The first-order valence-electron chi connectivity index (χ1n) is 7.74. The van der Waals surface area contributed by atoms with Crippen LogP contribution >= 0.6 is 23.6 Å². The maximum atomic E-state index is 13.1. The molecule has 0 saturated carbocycles. The molecule has 24 heavy (non-hydrogen) atoms. The molecule has 0 fully saturated rings. The number of rotatable bonds is 2. The molecule has 3 aromatic rings. The molecule has 0 aliphatic carbocycles. The lowest BCUT2D eigenvalue weighted by atomic mass is 10.1. The topological polar surface area (TPSA) is 20.2 Å². The highest BCUT2D eigenvalue weighted by Crippen LogP contribution is 2.35. The number of thiocarbonyl (C=S) groups is 1. The van der Waals surface area contributed by atoms with Crippen LogP contribution in [0.3, 0.4) is 0 Å². The molecule has 1 unspecified atom stereocenters. The molecule has 1 atom stereocenters. The van der Waals surface area contributed by atoms with E-state index < -0.39 is 0 Å². The summed E-state index contributed by atoms with van der Waals surface area (Å²) in [5, 5.41) is 5.99. The van der Waals surface area contributed by atoms with Gasteiger partial charge in [-0.15, -0.1) is 11.3 Å². The zero-order valence-corrected chi connectivity index (χ0v) is 14.5. The molecule has 1 aliphatic rings. The van der Waals surface area contributed by atoms with Crippen LogP contribution in [-0.4, -0.2) is 21.1 Å². The van der Waals surface area contributed by atoms with Crippen molar-refractivity contribution in [3.63, 3.8) is 0 Å². The van der Waals surface area contributed by atoms with Gasteiger partial charge in [-0.25, -0.2) is 4.39 Å². The van der Waals surface area contributed by atoms with E-state index in [1.54, 1.807) is 23.5 Å². The third-order valence-corrected chi connectivity index (χ3v) is 5.47. The van der Waals surface area contributed by atoms with Crippen molar-refractivity contribution in [2.24, 2.45) is 0 Å². The van der Waals surface area contributed by atoms with E-state index in [0.29, 0.717) is 5.11 Å². The van der Waals surface area contributed by atoms with Gasteiger partial charge >= 0.3 is 0 Å². The Morgan fingerprint density at radius 2 is 1.96 bits per heavy atom. The molecular formula is C18H16FN3S2. The SMILES string of the molecule is Fc1ccc(NC(=S)N2CCn3cccc3C2c2cccs2)cc1. The Labute approximate surface area is 149 Å². The summed E-state index contributed by atoms with van der Waals surface area (Å²) in [5.41, 5.74) is 2.04. The number of nitrogens with one attached hydrogen (secondary N) is 1. The molecule has 4 rings (SSSR count). The van der Waals surface area contributed by atoms with Gasteiger partial charge in [0.15, 0.2) is 5.11 Å². The van der Waals surface area contributed by atoms with Crippen molar-refractivity contribution in [3.8, 4) is 0 Å². The Bertz CT molecular complexity index is 840. The second kappa shape index (κ2) is 6.37. The lowest BCUT2D eigenvalue weighted by Crippen LogP contribution is -2.44. The van der Waals surface area contributed by atoms with Gasteiger partial charge in [-0.1, -0.05) is 6.07 Å². The highest BCUT2D eigenvalue weighted by atomic mass is 32.1. The van der Waals surface area contributed by atoms with Crippen LogP contribution in [0, 0.1) is 5.82 Å². The first kappa shape index (κ1) is 15.4. The molecule has 2 aromatic heterocycles. The standard InChI is InChI=1S/C18H16FN3S2/c19-13-5-7-14(8-6-13)20-18(23)22-11-10-21-9-1-3-15(21)17(22)16-4-2-12-24-16/h1-9,12,17H,10-11H2,(H,20,23). The molecule has 122 valence electrons. The predicted molar refractivity (Wildman–Crippen MR) is 99.9 cm³/mol. The van der Waals surface area contributed by atoms with Gasteiger partial charge in [0.05, 0.1) is 0 Å². The van der Waals surface area contributed by atoms with Gasteiger partial charge < -0.3 is 14.8 Å². The van der Waals surface area contributed by atoms with Crippen molar-refractivity contribution in [2.45, 2.75) is 12.6 Å². The van der Waals surface area contributed by atoms with E-state index in [9.17, 15) is 4.39 Å².